The summed E-state index contributed by atoms with van der Waals surface area (Å²) in [6.45, 7) is 0.592. The zero-order valence-corrected chi connectivity index (χ0v) is 17.0. The fourth-order valence-corrected chi connectivity index (χ4v) is 3.85. The number of hydrogen-bond donors (Lipinski definition) is 4. The highest BCUT2D eigenvalue weighted by atomic mass is 16.2. The summed E-state index contributed by atoms with van der Waals surface area (Å²) in [6.07, 6.45) is 0.547. The highest BCUT2D eigenvalue weighted by molar-refractivity contribution is 6.05. The topological polar surface area (TPSA) is 120 Å². The molecule has 9 nitrogen and oxygen atoms in total. The van der Waals surface area contributed by atoms with Crippen molar-refractivity contribution in [1.82, 2.24) is 15.5 Å². The van der Waals surface area contributed by atoms with Crippen LogP contribution in [0.15, 0.2) is 42.5 Å². The zero-order valence-electron chi connectivity index (χ0n) is 17.0. The molecule has 0 radical (unpaired) electrons. The van der Waals surface area contributed by atoms with E-state index in [1.807, 2.05) is 24.3 Å². The van der Waals surface area contributed by atoms with E-state index in [2.05, 4.69) is 21.3 Å². The average molecular weight is 421 g/mol. The van der Waals surface area contributed by atoms with Gasteiger partial charge in [-0.3, -0.25) is 19.7 Å². The van der Waals surface area contributed by atoms with Crippen LogP contribution in [-0.4, -0.2) is 41.7 Å². The Labute approximate surface area is 179 Å². The molecule has 1 saturated heterocycles. The number of nitrogens with one attached hydrogen (secondary N) is 4. The maximum atomic E-state index is 12.7. The SMILES string of the molecule is CNc1cccc(NC(=O)NCc2ccc3c(c2)CN(C2CCC(=O)NC2=O)C3=O)c1. The Kier molecular flexibility index (Phi) is 5.57. The van der Waals surface area contributed by atoms with Crippen LogP contribution in [0.5, 0.6) is 0 Å². The Bertz CT molecular complexity index is 1070. The van der Waals surface area contributed by atoms with Crippen molar-refractivity contribution < 1.29 is 19.2 Å². The van der Waals surface area contributed by atoms with Crippen LogP contribution in [0.2, 0.25) is 0 Å². The third-order valence-corrected chi connectivity index (χ3v) is 5.45. The van der Waals surface area contributed by atoms with Gasteiger partial charge >= 0.3 is 6.03 Å². The first-order valence-electron chi connectivity index (χ1n) is 10.0. The van der Waals surface area contributed by atoms with Crippen molar-refractivity contribution in [2.24, 2.45) is 0 Å². The standard InChI is InChI=1S/C22H23N5O4/c1-23-15-3-2-4-16(10-15)25-22(31)24-11-13-5-6-17-14(9-13)12-27(21(17)30)18-7-8-19(28)26-20(18)29/h2-6,9-10,18,23H,7-8,11-12H2,1H3,(H2,24,25,31)(H,26,28,29). The fraction of sp³-hybridized carbons (Fsp3) is 0.273. The summed E-state index contributed by atoms with van der Waals surface area (Å²) in [4.78, 5) is 50.0. The first-order valence-corrected chi connectivity index (χ1v) is 10.0. The summed E-state index contributed by atoms with van der Waals surface area (Å²) in [5.41, 5.74) is 3.75. The van der Waals surface area contributed by atoms with Gasteiger partial charge in [0.25, 0.3) is 5.91 Å². The molecule has 0 bridgehead atoms. The predicted octanol–water partition coefficient (Wildman–Crippen LogP) is 1.81. The number of benzene rings is 2. The molecule has 160 valence electrons. The summed E-state index contributed by atoms with van der Waals surface area (Å²) in [7, 11) is 1.80. The molecule has 2 heterocycles. The number of piperidine rings is 1. The number of carbonyl (C=O) groups is 4. The predicted molar refractivity (Wildman–Crippen MR) is 114 cm³/mol. The Hall–Kier alpha value is -3.88. The molecule has 4 N–H and O–H groups in total. The third kappa shape index (κ3) is 4.35. The maximum Gasteiger partial charge on any atom is 0.319 e. The van der Waals surface area contributed by atoms with Gasteiger partial charge in [-0.1, -0.05) is 18.2 Å². The fourth-order valence-electron chi connectivity index (χ4n) is 3.85. The van der Waals surface area contributed by atoms with Crippen molar-refractivity contribution >= 4 is 35.1 Å². The molecule has 9 heteroatoms. The number of urea groups is 1. The normalized spacial score (nSPS) is 17.8. The third-order valence-electron chi connectivity index (χ3n) is 5.45. The van der Waals surface area contributed by atoms with Gasteiger partial charge in [-0.05, 0) is 41.8 Å². The summed E-state index contributed by atoms with van der Waals surface area (Å²) < 4.78 is 0. The summed E-state index contributed by atoms with van der Waals surface area (Å²) in [5.74, 6) is -0.959. The first-order chi connectivity index (χ1) is 14.9. The Balaban J connectivity index is 1.37. The first kappa shape index (κ1) is 20.4. The number of hydrogen-bond acceptors (Lipinski definition) is 5. The van der Waals surface area contributed by atoms with Crippen molar-refractivity contribution in [3.05, 3.63) is 59.2 Å². The minimum absolute atomic E-state index is 0.217. The smallest absolute Gasteiger partial charge is 0.319 e. The van der Waals surface area contributed by atoms with Crippen LogP contribution in [0, 0.1) is 0 Å². The van der Waals surface area contributed by atoms with E-state index in [0.717, 1.165) is 16.8 Å². The summed E-state index contributed by atoms with van der Waals surface area (Å²) >= 11 is 0. The van der Waals surface area contributed by atoms with Gasteiger partial charge in [-0.15, -0.1) is 0 Å². The van der Waals surface area contributed by atoms with Gasteiger partial charge in [0.15, 0.2) is 0 Å². The molecule has 0 spiro atoms. The van der Waals surface area contributed by atoms with E-state index in [0.29, 0.717) is 24.2 Å². The molecule has 1 unspecified atom stereocenters. The van der Waals surface area contributed by atoms with Crippen molar-refractivity contribution in [2.45, 2.75) is 32.0 Å². The molecule has 5 amide bonds. The van der Waals surface area contributed by atoms with E-state index in [-0.39, 0.29) is 30.8 Å². The Morgan fingerprint density at radius 2 is 1.94 bits per heavy atom. The lowest BCUT2D eigenvalue weighted by Gasteiger charge is -2.29. The van der Waals surface area contributed by atoms with Crippen LogP contribution in [0.25, 0.3) is 0 Å². The molecule has 0 aliphatic carbocycles. The largest absolute Gasteiger partial charge is 0.388 e. The van der Waals surface area contributed by atoms with Crippen LogP contribution >= 0.6 is 0 Å². The van der Waals surface area contributed by atoms with E-state index < -0.39 is 11.9 Å². The summed E-state index contributed by atoms with van der Waals surface area (Å²) in [6, 6.07) is 11.7. The van der Waals surface area contributed by atoms with Gasteiger partial charge in [0, 0.05) is 43.5 Å². The molecule has 2 aromatic carbocycles. The van der Waals surface area contributed by atoms with Crippen molar-refractivity contribution in [1.29, 1.82) is 0 Å². The molecular formula is C22H23N5O4. The lowest BCUT2D eigenvalue weighted by molar-refractivity contribution is -0.136. The minimum atomic E-state index is -0.640. The van der Waals surface area contributed by atoms with E-state index in [1.54, 1.807) is 25.2 Å². The van der Waals surface area contributed by atoms with E-state index in [9.17, 15) is 19.2 Å². The number of carbonyl (C=O) groups excluding carboxylic acids is 4. The molecule has 1 atom stereocenters. The molecule has 2 aromatic rings. The van der Waals surface area contributed by atoms with E-state index >= 15 is 0 Å². The molecule has 0 saturated carbocycles. The number of anilines is 2. The van der Waals surface area contributed by atoms with Gasteiger partial charge < -0.3 is 20.9 Å². The van der Waals surface area contributed by atoms with Crippen LogP contribution in [0.4, 0.5) is 16.2 Å². The molecular weight excluding hydrogens is 398 g/mol. The molecule has 4 rings (SSSR count). The minimum Gasteiger partial charge on any atom is -0.388 e. The van der Waals surface area contributed by atoms with Gasteiger partial charge in [0.2, 0.25) is 11.8 Å². The van der Waals surface area contributed by atoms with Gasteiger partial charge in [-0.2, -0.15) is 0 Å². The number of rotatable bonds is 5. The zero-order chi connectivity index (χ0) is 22.0. The van der Waals surface area contributed by atoms with Crippen molar-refractivity contribution in [3.8, 4) is 0 Å². The second-order valence-electron chi connectivity index (χ2n) is 7.53. The number of nitrogens with zero attached hydrogens (tertiary/aromatic N) is 1. The van der Waals surface area contributed by atoms with Gasteiger partial charge in [0.1, 0.15) is 6.04 Å². The van der Waals surface area contributed by atoms with Crippen LogP contribution in [0.1, 0.15) is 34.3 Å². The van der Waals surface area contributed by atoms with Crippen LogP contribution < -0.4 is 21.3 Å². The molecule has 31 heavy (non-hydrogen) atoms. The number of imide groups is 1. The van der Waals surface area contributed by atoms with Crippen molar-refractivity contribution in [2.75, 3.05) is 17.7 Å². The molecule has 2 aliphatic rings. The lowest BCUT2D eigenvalue weighted by atomic mass is 10.0. The van der Waals surface area contributed by atoms with Crippen molar-refractivity contribution in [3.63, 3.8) is 0 Å². The highest BCUT2D eigenvalue weighted by Crippen LogP contribution is 2.28. The number of fused-ring (bicyclic) bond motifs is 1. The summed E-state index contributed by atoms with van der Waals surface area (Å²) in [5, 5.41) is 10.9. The second-order valence-corrected chi connectivity index (χ2v) is 7.53. The Morgan fingerprint density at radius 3 is 2.71 bits per heavy atom. The van der Waals surface area contributed by atoms with Crippen LogP contribution in [-0.2, 0) is 22.7 Å². The number of amides is 5. The Morgan fingerprint density at radius 1 is 1.13 bits per heavy atom. The molecule has 1 fully saturated rings. The molecule has 2 aliphatic heterocycles. The van der Waals surface area contributed by atoms with E-state index in [1.165, 1.54) is 4.90 Å². The molecule has 0 aromatic heterocycles. The van der Waals surface area contributed by atoms with E-state index in [4.69, 9.17) is 0 Å². The van der Waals surface area contributed by atoms with Gasteiger partial charge in [0.05, 0.1) is 0 Å². The maximum absolute atomic E-state index is 12.7. The van der Waals surface area contributed by atoms with Gasteiger partial charge in [-0.25, -0.2) is 4.79 Å². The monoisotopic (exact) mass is 421 g/mol. The average Bonchev–Trinajstić information content (AvgIpc) is 3.08. The van der Waals surface area contributed by atoms with Crippen LogP contribution in [0.3, 0.4) is 0 Å². The quantitative estimate of drug-likeness (QED) is 0.549. The lowest BCUT2D eigenvalue weighted by Crippen LogP contribution is -2.52. The second kappa shape index (κ2) is 8.47. The highest BCUT2D eigenvalue weighted by Gasteiger charge is 2.39.